The van der Waals surface area contributed by atoms with Gasteiger partial charge < -0.3 is 5.73 Å². The third-order valence-electron chi connectivity index (χ3n) is 1.59. The molecule has 0 aliphatic heterocycles. The Bertz CT molecular complexity index is 436. The second-order valence-electron chi connectivity index (χ2n) is 2.85. The van der Waals surface area contributed by atoms with Crippen LogP contribution >= 0.6 is 11.6 Å². The van der Waals surface area contributed by atoms with Gasteiger partial charge in [0.05, 0.1) is 10.6 Å². The molecule has 1 aromatic carbocycles. The van der Waals surface area contributed by atoms with Gasteiger partial charge in [0.25, 0.3) is 0 Å². The summed E-state index contributed by atoms with van der Waals surface area (Å²) in [6.07, 6.45) is 0. The summed E-state index contributed by atoms with van der Waals surface area (Å²) in [4.78, 5) is 0.202. The maximum absolute atomic E-state index is 11.6. The minimum atomic E-state index is -3.36. The minimum Gasteiger partial charge on any atom is -0.399 e. The highest BCUT2D eigenvalue weighted by Crippen LogP contribution is 2.16. The van der Waals surface area contributed by atoms with E-state index in [1.54, 1.807) is 0 Å². The summed E-state index contributed by atoms with van der Waals surface area (Å²) in [6, 6.07) is 5.96. The summed E-state index contributed by atoms with van der Waals surface area (Å²) in [7, 11) is -3.36. The van der Waals surface area contributed by atoms with E-state index in [4.69, 9.17) is 17.3 Å². The second-order valence-corrected chi connectivity index (χ2v) is 5.37. The zero-order valence-electron chi connectivity index (χ0n) is 7.40. The molecule has 0 saturated heterocycles. The lowest BCUT2D eigenvalue weighted by Crippen LogP contribution is -2.06. The topological polar surface area (TPSA) is 60.2 Å². The first kappa shape index (κ1) is 11.1. The van der Waals surface area contributed by atoms with E-state index in [1.165, 1.54) is 24.3 Å². The van der Waals surface area contributed by atoms with Gasteiger partial charge in [0, 0.05) is 10.7 Å². The number of nitrogens with two attached hydrogens (primary N) is 1. The van der Waals surface area contributed by atoms with Gasteiger partial charge in [-0.3, -0.25) is 0 Å². The van der Waals surface area contributed by atoms with E-state index in [1.807, 2.05) is 0 Å². The van der Waals surface area contributed by atoms with E-state index in [0.717, 1.165) is 0 Å². The lowest BCUT2D eigenvalue weighted by Gasteiger charge is -2.02. The molecule has 76 valence electrons. The van der Waals surface area contributed by atoms with Gasteiger partial charge in [-0.25, -0.2) is 8.42 Å². The van der Waals surface area contributed by atoms with Gasteiger partial charge >= 0.3 is 0 Å². The van der Waals surface area contributed by atoms with Crippen molar-refractivity contribution in [1.82, 2.24) is 0 Å². The summed E-state index contributed by atoms with van der Waals surface area (Å²) in [5.74, 6) is -0.252. The van der Waals surface area contributed by atoms with Crippen LogP contribution in [0.3, 0.4) is 0 Å². The van der Waals surface area contributed by atoms with Crippen LogP contribution in [0.25, 0.3) is 0 Å². The first-order valence-corrected chi connectivity index (χ1v) is 5.86. The van der Waals surface area contributed by atoms with Gasteiger partial charge in [0.15, 0.2) is 9.84 Å². The number of halogens is 1. The Morgan fingerprint density at radius 1 is 1.36 bits per heavy atom. The molecule has 0 aliphatic rings. The quantitative estimate of drug-likeness (QED) is 0.807. The van der Waals surface area contributed by atoms with Gasteiger partial charge in [-0.05, 0) is 24.3 Å². The number of hydrogen-bond donors (Lipinski definition) is 1. The van der Waals surface area contributed by atoms with Gasteiger partial charge in [-0.2, -0.15) is 0 Å². The summed E-state index contributed by atoms with van der Waals surface area (Å²) in [6.45, 7) is 3.34. The molecule has 1 aromatic rings. The molecule has 0 heterocycles. The Balaban J connectivity index is 3.05. The van der Waals surface area contributed by atoms with Crippen molar-refractivity contribution in [2.45, 2.75) is 4.90 Å². The predicted octanol–water partition coefficient (Wildman–Crippen LogP) is 1.80. The Kier molecular flexibility index (Phi) is 3.18. The van der Waals surface area contributed by atoms with Crippen molar-refractivity contribution < 1.29 is 8.42 Å². The number of anilines is 1. The van der Waals surface area contributed by atoms with E-state index < -0.39 is 9.84 Å². The van der Waals surface area contributed by atoms with E-state index in [9.17, 15) is 8.42 Å². The Morgan fingerprint density at radius 3 is 2.29 bits per heavy atom. The van der Waals surface area contributed by atoms with Crippen LogP contribution in [0.1, 0.15) is 0 Å². The molecule has 0 saturated carbocycles. The van der Waals surface area contributed by atoms with Crippen LogP contribution in [0.2, 0.25) is 0 Å². The molecule has 0 unspecified atom stereocenters. The Morgan fingerprint density at radius 2 is 1.86 bits per heavy atom. The van der Waals surface area contributed by atoms with Crippen molar-refractivity contribution in [1.29, 1.82) is 0 Å². The van der Waals surface area contributed by atoms with E-state index in [-0.39, 0.29) is 15.7 Å². The number of rotatable bonds is 3. The second kappa shape index (κ2) is 4.02. The molecular formula is C9H10ClNO2S. The average Bonchev–Trinajstić information content (AvgIpc) is 2.02. The van der Waals surface area contributed by atoms with Crippen molar-refractivity contribution >= 4 is 27.1 Å². The molecule has 0 aromatic heterocycles. The molecule has 0 fully saturated rings. The maximum Gasteiger partial charge on any atom is 0.183 e. The molecule has 2 N–H and O–H groups in total. The highest BCUT2D eigenvalue weighted by Gasteiger charge is 2.14. The first-order valence-electron chi connectivity index (χ1n) is 3.83. The highest BCUT2D eigenvalue weighted by atomic mass is 35.5. The van der Waals surface area contributed by atoms with Crippen molar-refractivity contribution in [2.75, 3.05) is 11.5 Å². The molecule has 1 rings (SSSR count). The van der Waals surface area contributed by atoms with Crippen LogP contribution in [-0.4, -0.2) is 14.2 Å². The Hall–Kier alpha value is -1.00. The van der Waals surface area contributed by atoms with Crippen LogP contribution in [0.15, 0.2) is 40.8 Å². The van der Waals surface area contributed by atoms with E-state index in [2.05, 4.69) is 6.58 Å². The molecule has 0 spiro atoms. The van der Waals surface area contributed by atoms with E-state index >= 15 is 0 Å². The Labute approximate surface area is 88.1 Å². The normalized spacial score (nSPS) is 11.2. The fourth-order valence-corrected chi connectivity index (χ4v) is 2.53. The van der Waals surface area contributed by atoms with Crippen LogP contribution in [-0.2, 0) is 9.84 Å². The van der Waals surface area contributed by atoms with Crippen molar-refractivity contribution in [3.8, 4) is 0 Å². The summed E-state index contributed by atoms with van der Waals surface area (Å²) in [5.41, 5.74) is 5.95. The largest absolute Gasteiger partial charge is 0.399 e. The zero-order valence-corrected chi connectivity index (χ0v) is 8.98. The van der Waals surface area contributed by atoms with Crippen molar-refractivity contribution in [3.05, 3.63) is 35.9 Å². The fraction of sp³-hybridized carbons (Fsp3) is 0.111. The molecular weight excluding hydrogens is 222 g/mol. The van der Waals surface area contributed by atoms with Crippen LogP contribution < -0.4 is 5.73 Å². The molecule has 5 heteroatoms. The molecule has 3 nitrogen and oxygen atoms in total. The van der Waals surface area contributed by atoms with Crippen LogP contribution in [0.5, 0.6) is 0 Å². The van der Waals surface area contributed by atoms with Gasteiger partial charge in [-0.15, -0.1) is 0 Å². The highest BCUT2D eigenvalue weighted by molar-refractivity contribution is 7.91. The standard InChI is InChI=1S/C9H10ClNO2S/c1-7(10)6-14(12,13)9-4-2-8(11)3-5-9/h2-5H,1,6,11H2. The molecule has 0 radical (unpaired) electrons. The minimum absolute atomic E-state index is 0.0989. The van der Waals surface area contributed by atoms with E-state index in [0.29, 0.717) is 5.69 Å². The monoisotopic (exact) mass is 231 g/mol. The average molecular weight is 232 g/mol. The van der Waals surface area contributed by atoms with Gasteiger partial charge in [0.2, 0.25) is 0 Å². The lowest BCUT2D eigenvalue weighted by molar-refractivity contribution is 0.599. The third-order valence-corrected chi connectivity index (χ3v) is 3.60. The SMILES string of the molecule is C=C(Cl)CS(=O)(=O)c1ccc(N)cc1. The maximum atomic E-state index is 11.6. The molecule has 0 amide bonds. The summed E-state index contributed by atoms with van der Waals surface area (Å²) >= 11 is 5.45. The zero-order chi connectivity index (χ0) is 10.8. The van der Waals surface area contributed by atoms with Crippen LogP contribution in [0.4, 0.5) is 5.69 Å². The lowest BCUT2D eigenvalue weighted by atomic mass is 10.3. The van der Waals surface area contributed by atoms with Crippen molar-refractivity contribution in [2.24, 2.45) is 0 Å². The number of benzene rings is 1. The smallest absolute Gasteiger partial charge is 0.183 e. The molecule has 0 bridgehead atoms. The predicted molar refractivity (Wildman–Crippen MR) is 57.9 cm³/mol. The third kappa shape index (κ3) is 2.75. The van der Waals surface area contributed by atoms with Crippen molar-refractivity contribution in [3.63, 3.8) is 0 Å². The van der Waals surface area contributed by atoms with Gasteiger partial charge in [-0.1, -0.05) is 18.2 Å². The molecule has 0 aliphatic carbocycles. The number of nitrogen functional groups attached to an aromatic ring is 1. The first-order chi connectivity index (χ1) is 6.42. The summed E-state index contributed by atoms with van der Waals surface area (Å²) < 4.78 is 23.1. The fourth-order valence-electron chi connectivity index (χ4n) is 0.965. The van der Waals surface area contributed by atoms with Gasteiger partial charge in [0.1, 0.15) is 0 Å². The number of sulfone groups is 1. The molecule has 14 heavy (non-hydrogen) atoms. The number of hydrogen-bond acceptors (Lipinski definition) is 3. The summed E-state index contributed by atoms with van der Waals surface area (Å²) in [5, 5.41) is 0.0989. The molecule has 0 atom stereocenters. The van der Waals surface area contributed by atoms with Crippen LogP contribution in [0, 0.1) is 0 Å².